The van der Waals surface area contributed by atoms with Crippen molar-refractivity contribution in [3.8, 4) is 0 Å². The lowest BCUT2D eigenvalue weighted by Crippen LogP contribution is -2.49. The van der Waals surface area contributed by atoms with Gasteiger partial charge < -0.3 is 14.5 Å². The predicted molar refractivity (Wildman–Crippen MR) is 96.0 cm³/mol. The smallest absolute Gasteiger partial charge is 0.230 e. The molecule has 0 aromatic carbocycles. The van der Waals surface area contributed by atoms with Gasteiger partial charge in [-0.3, -0.25) is 9.78 Å². The first-order chi connectivity index (χ1) is 12.1. The van der Waals surface area contributed by atoms with E-state index >= 15 is 0 Å². The summed E-state index contributed by atoms with van der Waals surface area (Å²) in [6.45, 7) is 8.47. The summed E-state index contributed by atoms with van der Waals surface area (Å²) in [7, 11) is 0. The van der Waals surface area contributed by atoms with Crippen molar-refractivity contribution in [2.24, 2.45) is 11.3 Å². The summed E-state index contributed by atoms with van der Waals surface area (Å²) >= 11 is 0. The summed E-state index contributed by atoms with van der Waals surface area (Å²) < 4.78 is 5.52. The molecule has 0 N–H and O–H groups in total. The molecule has 1 aromatic rings. The van der Waals surface area contributed by atoms with Crippen molar-refractivity contribution >= 4 is 5.91 Å². The normalized spacial score (nSPS) is 30.5. The molecular formula is C20H29N3O2. The van der Waals surface area contributed by atoms with Crippen LogP contribution in [0.15, 0.2) is 18.2 Å². The summed E-state index contributed by atoms with van der Waals surface area (Å²) in [5.41, 5.74) is 1.87. The highest BCUT2D eigenvalue weighted by molar-refractivity contribution is 5.85. The topological polar surface area (TPSA) is 45.7 Å². The molecule has 4 heterocycles. The number of amides is 1. The SMILES string of the molecule is Cc1cccc(CN2CC[C@]3(CCCN(C[C@H]4CCOC4)C3)C2=O)n1. The van der Waals surface area contributed by atoms with Gasteiger partial charge in [0, 0.05) is 31.9 Å². The van der Waals surface area contributed by atoms with E-state index in [9.17, 15) is 4.79 Å². The van der Waals surface area contributed by atoms with Crippen molar-refractivity contribution in [3.05, 3.63) is 29.6 Å². The van der Waals surface area contributed by atoms with Gasteiger partial charge in [0.05, 0.1) is 24.3 Å². The van der Waals surface area contributed by atoms with Crippen molar-refractivity contribution in [2.45, 2.75) is 39.2 Å². The van der Waals surface area contributed by atoms with E-state index in [1.54, 1.807) is 0 Å². The van der Waals surface area contributed by atoms with E-state index in [0.717, 1.165) is 70.0 Å². The second-order valence-electron chi connectivity index (χ2n) is 8.10. The van der Waals surface area contributed by atoms with Crippen LogP contribution in [0.1, 0.15) is 37.1 Å². The number of hydrogen-bond acceptors (Lipinski definition) is 4. The molecule has 5 heteroatoms. The number of nitrogens with zero attached hydrogens (tertiary/aromatic N) is 3. The Hall–Kier alpha value is -1.46. The largest absolute Gasteiger partial charge is 0.381 e. The van der Waals surface area contributed by atoms with Crippen molar-refractivity contribution in [1.82, 2.24) is 14.8 Å². The summed E-state index contributed by atoms with van der Waals surface area (Å²) in [4.78, 5) is 22.3. The Balaban J connectivity index is 1.40. The van der Waals surface area contributed by atoms with Crippen LogP contribution in [-0.4, -0.2) is 60.1 Å². The predicted octanol–water partition coefficient (Wildman–Crippen LogP) is 2.24. The van der Waals surface area contributed by atoms with E-state index in [0.29, 0.717) is 18.4 Å². The van der Waals surface area contributed by atoms with Gasteiger partial charge in [-0.2, -0.15) is 0 Å². The fraction of sp³-hybridized carbons (Fsp3) is 0.700. The van der Waals surface area contributed by atoms with Crippen molar-refractivity contribution in [2.75, 3.05) is 39.4 Å². The molecule has 5 nitrogen and oxygen atoms in total. The zero-order valence-electron chi connectivity index (χ0n) is 15.2. The van der Waals surface area contributed by atoms with Crippen LogP contribution in [-0.2, 0) is 16.1 Å². The first-order valence-electron chi connectivity index (χ1n) is 9.67. The fourth-order valence-electron chi connectivity index (χ4n) is 4.78. The first-order valence-corrected chi connectivity index (χ1v) is 9.67. The van der Waals surface area contributed by atoms with Gasteiger partial charge in [0.25, 0.3) is 0 Å². The number of carbonyl (C=O) groups excluding carboxylic acids is 1. The van der Waals surface area contributed by atoms with Crippen LogP contribution in [0.2, 0.25) is 0 Å². The highest BCUT2D eigenvalue weighted by Gasteiger charge is 2.48. The minimum atomic E-state index is -0.151. The molecule has 1 amide bonds. The average molecular weight is 343 g/mol. The zero-order valence-corrected chi connectivity index (χ0v) is 15.2. The molecule has 1 spiro atoms. The average Bonchev–Trinajstić information content (AvgIpc) is 3.20. The number of aromatic nitrogens is 1. The Morgan fingerprint density at radius 1 is 1.32 bits per heavy atom. The second-order valence-corrected chi connectivity index (χ2v) is 8.10. The number of likely N-dealkylation sites (tertiary alicyclic amines) is 2. The third kappa shape index (κ3) is 3.58. The quantitative estimate of drug-likeness (QED) is 0.841. The Bertz CT molecular complexity index is 629. The Morgan fingerprint density at radius 2 is 2.24 bits per heavy atom. The number of hydrogen-bond donors (Lipinski definition) is 0. The van der Waals surface area contributed by atoms with Gasteiger partial charge in [-0.25, -0.2) is 0 Å². The summed E-state index contributed by atoms with van der Waals surface area (Å²) in [6, 6.07) is 6.06. The maximum absolute atomic E-state index is 13.2. The Labute approximate surface area is 150 Å². The van der Waals surface area contributed by atoms with Crippen LogP contribution < -0.4 is 0 Å². The van der Waals surface area contributed by atoms with E-state index in [1.807, 2.05) is 30.0 Å². The molecule has 2 atom stereocenters. The molecule has 4 rings (SSSR count). The minimum Gasteiger partial charge on any atom is -0.381 e. The summed E-state index contributed by atoms with van der Waals surface area (Å²) in [5, 5.41) is 0. The lowest BCUT2D eigenvalue weighted by atomic mass is 9.78. The molecule has 3 saturated heterocycles. The maximum atomic E-state index is 13.2. The van der Waals surface area contributed by atoms with Crippen molar-refractivity contribution < 1.29 is 9.53 Å². The van der Waals surface area contributed by atoms with Crippen LogP contribution in [0.4, 0.5) is 0 Å². The Kier molecular flexibility index (Phi) is 4.78. The molecule has 3 aliphatic rings. The number of pyridine rings is 1. The Morgan fingerprint density at radius 3 is 3.04 bits per heavy atom. The van der Waals surface area contributed by atoms with Crippen LogP contribution in [0.3, 0.4) is 0 Å². The number of aryl methyl sites for hydroxylation is 1. The van der Waals surface area contributed by atoms with Crippen molar-refractivity contribution in [1.29, 1.82) is 0 Å². The molecule has 136 valence electrons. The molecule has 3 fully saturated rings. The van der Waals surface area contributed by atoms with E-state index in [-0.39, 0.29) is 5.41 Å². The van der Waals surface area contributed by atoms with Gasteiger partial charge in [0.2, 0.25) is 5.91 Å². The lowest BCUT2D eigenvalue weighted by molar-refractivity contribution is -0.139. The molecule has 1 aromatic heterocycles. The number of ether oxygens (including phenoxy) is 1. The van der Waals surface area contributed by atoms with Crippen LogP contribution in [0, 0.1) is 18.3 Å². The third-order valence-electron chi connectivity index (χ3n) is 6.10. The minimum absolute atomic E-state index is 0.151. The molecule has 0 aliphatic carbocycles. The number of rotatable bonds is 4. The van der Waals surface area contributed by atoms with E-state index < -0.39 is 0 Å². The van der Waals surface area contributed by atoms with Crippen LogP contribution >= 0.6 is 0 Å². The highest BCUT2D eigenvalue weighted by atomic mass is 16.5. The van der Waals surface area contributed by atoms with Gasteiger partial charge in [-0.1, -0.05) is 6.07 Å². The fourth-order valence-corrected chi connectivity index (χ4v) is 4.78. The van der Waals surface area contributed by atoms with Crippen LogP contribution in [0.25, 0.3) is 0 Å². The first kappa shape index (κ1) is 17.0. The third-order valence-corrected chi connectivity index (χ3v) is 6.10. The van der Waals surface area contributed by atoms with Gasteiger partial charge >= 0.3 is 0 Å². The van der Waals surface area contributed by atoms with Crippen LogP contribution in [0.5, 0.6) is 0 Å². The number of carbonyl (C=O) groups is 1. The molecule has 0 unspecified atom stereocenters. The van der Waals surface area contributed by atoms with Gasteiger partial charge in [-0.15, -0.1) is 0 Å². The van der Waals surface area contributed by atoms with E-state index in [1.165, 1.54) is 6.42 Å². The molecule has 25 heavy (non-hydrogen) atoms. The molecular weight excluding hydrogens is 314 g/mol. The molecule has 0 saturated carbocycles. The van der Waals surface area contributed by atoms with Crippen molar-refractivity contribution in [3.63, 3.8) is 0 Å². The van der Waals surface area contributed by atoms with Gasteiger partial charge in [0.1, 0.15) is 0 Å². The zero-order chi connectivity index (χ0) is 17.3. The van der Waals surface area contributed by atoms with Gasteiger partial charge in [0.15, 0.2) is 0 Å². The standard InChI is InChI=1S/C20H29N3O2/c1-16-4-2-5-18(21-16)13-23-10-8-20(19(23)24)7-3-9-22(15-20)12-17-6-11-25-14-17/h2,4-5,17H,3,6-15H2,1H3/t17-,20+/m1/s1. The summed E-state index contributed by atoms with van der Waals surface area (Å²) in [5.74, 6) is 1.00. The monoisotopic (exact) mass is 343 g/mol. The molecule has 3 aliphatic heterocycles. The van der Waals surface area contributed by atoms with E-state index in [4.69, 9.17) is 4.74 Å². The number of piperidine rings is 1. The summed E-state index contributed by atoms with van der Waals surface area (Å²) in [6.07, 6.45) is 4.34. The second kappa shape index (κ2) is 7.04. The van der Waals surface area contributed by atoms with Gasteiger partial charge in [-0.05, 0) is 57.2 Å². The molecule has 0 radical (unpaired) electrons. The maximum Gasteiger partial charge on any atom is 0.230 e. The van der Waals surface area contributed by atoms with E-state index in [2.05, 4.69) is 9.88 Å². The lowest BCUT2D eigenvalue weighted by Gasteiger charge is -2.40. The highest BCUT2D eigenvalue weighted by Crippen LogP contribution is 2.41. The molecule has 0 bridgehead atoms.